The number of H-pyrrole nitrogens is 1. The Bertz CT molecular complexity index is 1010. The Morgan fingerprint density at radius 2 is 1.88 bits per heavy atom. The van der Waals surface area contributed by atoms with Crippen molar-refractivity contribution >= 4 is 34.3 Å². The van der Waals surface area contributed by atoms with E-state index < -0.39 is 0 Å². The second-order valence-corrected chi connectivity index (χ2v) is 6.20. The number of benzene rings is 2. The summed E-state index contributed by atoms with van der Waals surface area (Å²) in [5, 5.41) is 4.05. The van der Waals surface area contributed by atoms with E-state index in [-0.39, 0.29) is 0 Å². The molecule has 4 rings (SSSR count). The molecule has 0 spiro atoms. The Balaban J connectivity index is 1.46. The zero-order valence-corrected chi connectivity index (χ0v) is 14.1. The highest BCUT2D eigenvalue weighted by atomic mass is 35.5. The Hall–Kier alpha value is -3.05. The SMILES string of the molecule is Nc1nc2ccc(NCc3ccc(-c4ccc(Cl)cn4)cc3)cc2[nH]1. The minimum absolute atomic E-state index is 0.429. The van der Waals surface area contributed by atoms with Crippen LogP contribution in [-0.4, -0.2) is 15.0 Å². The zero-order valence-electron chi connectivity index (χ0n) is 13.3. The van der Waals surface area contributed by atoms with E-state index in [0.29, 0.717) is 11.0 Å². The van der Waals surface area contributed by atoms with E-state index in [2.05, 4.69) is 44.5 Å². The van der Waals surface area contributed by atoms with Gasteiger partial charge in [0.25, 0.3) is 0 Å². The summed E-state index contributed by atoms with van der Waals surface area (Å²) in [6.07, 6.45) is 1.66. The largest absolute Gasteiger partial charge is 0.381 e. The minimum Gasteiger partial charge on any atom is -0.381 e. The predicted octanol–water partition coefficient (Wildman–Crippen LogP) is 4.47. The number of nitrogens with zero attached hydrogens (tertiary/aromatic N) is 2. The molecule has 25 heavy (non-hydrogen) atoms. The number of rotatable bonds is 4. The first-order chi connectivity index (χ1) is 12.2. The summed E-state index contributed by atoms with van der Waals surface area (Å²) in [5.74, 6) is 0.429. The van der Waals surface area contributed by atoms with Crippen LogP contribution in [0.4, 0.5) is 11.6 Å². The third kappa shape index (κ3) is 3.41. The van der Waals surface area contributed by atoms with E-state index in [9.17, 15) is 0 Å². The van der Waals surface area contributed by atoms with Gasteiger partial charge in [0.1, 0.15) is 0 Å². The molecule has 6 heteroatoms. The molecule has 0 atom stereocenters. The number of aromatic amines is 1. The van der Waals surface area contributed by atoms with Crippen molar-refractivity contribution < 1.29 is 0 Å². The monoisotopic (exact) mass is 349 g/mol. The van der Waals surface area contributed by atoms with E-state index in [1.807, 2.05) is 30.3 Å². The molecule has 0 saturated carbocycles. The van der Waals surface area contributed by atoms with Crippen molar-refractivity contribution in [2.75, 3.05) is 11.1 Å². The van der Waals surface area contributed by atoms with Crippen molar-refractivity contribution in [2.45, 2.75) is 6.54 Å². The van der Waals surface area contributed by atoms with Crippen LogP contribution >= 0.6 is 11.6 Å². The Kier molecular flexibility index (Phi) is 3.99. The van der Waals surface area contributed by atoms with Gasteiger partial charge in [-0.15, -0.1) is 0 Å². The molecule has 0 saturated heterocycles. The van der Waals surface area contributed by atoms with Crippen molar-refractivity contribution in [1.82, 2.24) is 15.0 Å². The van der Waals surface area contributed by atoms with Crippen LogP contribution in [0.25, 0.3) is 22.3 Å². The van der Waals surface area contributed by atoms with Gasteiger partial charge in [-0.1, -0.05) is 35.9 Å². The standard InChI is InChI=1S/C19H16ClN5/c20-14-5-7-16(23-11-14)13-3-1-12(2-4-13)10-22-15-6-8-17-18(9-15)25-19(21)24-17/h1-9,11,22H,10H2,(H3,21,24,25). The third-order valence-electron chi connectivity index (χ3n) is 3.97. The summed E-state index contributed by atoms with van der Waals surface area (Å²) < 4.78 is 0. The smallest absolute Gasteiger partial charge is 0.198 e. The van der Waals surface area contributed by atoms with Crippen molar-refractivity contribution in [3.8, 4) is 11.3 Å². The van der Waals surface area contributed by atoms with Gasteiger partial charge in [0, 0.05) is 24.0 Å². The van der Waals surface area contributed by atoms with Gasteiger partial charge < -0.3 is 16.0 Å². The molecule has 0 aliphatic carbocycles. The highest BCUT2D eigenvalue weighted by molar-refractivity contribution is 6.30. The molecule has 5 nitrogen and oxygen atoms in total. The lowest BCUT2D eigenvalue weighted by atomic mass is 10.1. The van der Waals surface area contributed by atoms with E-state index in [1.54, 1.807) is 6.20 Å². The van der Waals surface area contributed by atoms with Gasteiger partial charge in [0.15, 0.2) is 5.95 Å². The van der Waals surface area contributed by atoms with Crippen LogP contribution < -0.4 is 11.1 Å². The molecule has 0 radical (unpaired) electrons. The molecule has 2 aromatic carbocycles. The summed E-state index contributed by atoms with van der Waals surface area (Å²) in [6, 6.07) is 18.0. The number of nitrogen functional groups attached to an aromatic ring is 1. The molecule has 0 fully saturated rings. The van der Waals surface area contributed by atoms with Crippen molar-refractivity contribution in [3.63, 3.8) is 0 Å². The van der Waals surface area contributed by atoms with Crippen molar-refractivity contribution in [2.24, 2.45) is 0 Å². The normalized spacial score (nSPS) is 10.9. The Morgan fingerprint density at radius 1 is 1.04 bits per heavy atom. The molecule has 2 heterocycles. The maximum Gasteiger partial charge on any atom is 0.198 e. The third-order valence-corrected chi connectivity index (χ3v) is 4.20. The topological polar surface area (TPSA) is 79.6 Å². The lowest BCUT2D eigenvalue weighted by molar-refractivity contribution is 1.15. The van der Waals surface area contributed by atoms with Crippen LogP contribution in [0.3, 0.4) is 0 Å². The molecule has 2 aromatic heterocycles. The number of fused-ring (bicyclic) bond motifs is 1. The molecule has 4 N–H and O–H groups in total. The molecular weight excluding hydrogens is 334 g/mol. The maximum atomic E-state index is 5.88. The fourth-order valence-corrected chi connectivity index (χ4v) is 2.80. The highest BCUT2D eigenvalue weighted by Crippen LogP contribution is 2.21. The number of imidazole rings is 1. The minimum atomic E-state index is 0.429. The van der Waals surface area contributed by atoms with Crippen LogP contribution in [0.15, 0.2) is 60.8 Å². The van der Waals surface area contributed by atoms with Crippen LogP contribution in [0.1, 0.15) is 5.56 Å². The summed E-state index contributed by atoms with van der Waals surface area (Å²) in [4.78, 5) is 11.6. The van der Waals surface area contributed by atoms with E-state index in [4.69, 9.17) is 17.3 Å². The lowest BCUT2D eigenvalue weighted by Gasteiger charge is -2.08. The average Bonchev–Trinajstić information content (AvgIpc) is 3.00. The number of aromatic nitrogens is 3. The van der Waals surface area contributed by atoms with Crippen LogP contribution in [0, 0.1) is 0 Å². The van der Waals surface area contributed by atoms with Crippen molar-refractivity contribution in [3.05, 3.63) is 71.4 Å². The number of nitrogens with one attached hydrogen (secondary N) is 2. The summed E-state index contributed by atoms with van der Waals surface area (Å²) >= 11 is 5.88. The predicted molar refractivity (Wildman–Crippen MR) is 103 cm³/mol. The summed E-state index contributed by atoms with van der Waals surface area (Å²) in [6.45, 7) is 0.726. The number of nitrogens with two attached hydrogens (primary N) is 1. The first-order valence-electron chi connectivity index (χ1n) is 7.87. The van der Waals surface area contributed by atoms with Gasteiger partial charge in [-0.3, -0.25) is 4.98 Å². The van der Waals surface area contributed by atoms with Gasteiger partial charge in [0.2, 0.25) is 0 Å². The van der Waals surface area contributed by atoms with Crippen LogP contribution in [-0.2, 0) is 6.54 Å². The summed E-state index contributed by atoms with van der Waals surface area (Å²) in [7, 11) is 0. The zero-order chi connectivity index (χ0) is 17.2. The molecule has 0 aliphatic rings. The first kappa shape index (κ1) is 15.5. The van der Waals surface area contributed by atoms with Gasteiger partial charge in [-0.2, -0.15) is 0 Å². The van der Waals surface area contributed by atoms with Crippen LogP contribution in [0.5, 0.6) is 0 Å². The fourth-order valence-electron chi connectivity index (χ4n) is 2.68. The molecule has 0 unspecified atom stereocenters. The fraction of sp³-hybridized carbons (Fsp3) is 0.0526. The van der Waals surface area contributed by atoms with Gasteiger partial charge >= 0.3 is 0 Å². The van der Waals surface area contributed by atoms with Gasteiger partial charge in [0.05, 0.1) is 21.7 Å². The van der Waals surface area contributed by atoms with E-state index in [1.165, 1.54) is 5.56 Å². The molecule has 0 bridgehead atoms. The van der Waals surface area contributed by atoms with Gasteiger partial charge in [-0.25, -0.2) is 4.98 Å². The average molecular weight is 350 g/mol. The second kappa shape index (κ2) is 6.45. The van der Waals surface area contributed by atoms with Crippen molar-refractivity contribution in [1.29, 1.82) is 0 Å². The van der Waals surface area contributed by atoms with Gasteiger partial charge in [-0.05, 0) is 35.9 Å². The molecule has 0 amide bonds. The maximum absolute atomic E-state index is 5.88. The van der Waals surface area contributed by atoms with Crippen LogP contribution in [0.2, 0.25) is 5.02 Å². The molecular formula is C19H16ClN5. The molecule has 124 valence electrons. The number of hydrogen-bond donors (Lipinski definition) is 3. The number of anilines is 2. The highest BCUT2D eigenvalue weighted by Gasteiger charge is 2.03. The number of halogens is 1. The Morgan fingerprint density at radius 3 is 2.64 bits per heavy atom. The first-order valence-corrected chi connectivity index (χ1v) is 8.25. The van der Waals surface area contributed by atoms with E-state index in [0.717, 1.165) is 34.5 Å². The Labute approximate surface area is 149 Å². The number of hydrogen-bond acceptors (Lipinski definition) is 4. The summed E-state index contributed by atoms with van der Waals surface area (Å²) in [5.41, 5.74) is 11.6. The number of pyridine rings is 1. The second-order valence-electron chi connectivity index (χ2n) is 5.77. The lowest BCUT2D eigenvalue weighted by Crippen LogP contribution is -1.99. The molecule has 0 aliphatic heterocycles. The molecule has 4 aromatic rings. The quantitative estimate of drug-likeness (QED) is 0.507. The van der Waals surface area contributed by atoms with E-state index >= 15 is 0 Å².